The Kier molecular flexibility index (Phi) is 4.97. The summed E-state index contributed by atoms with van der Waals surface area (Å²) in [6.45, 7) is 5.32. The monoisotopic (exact) mass is 254 g/mol. The van der Waals surface area contributed by atoms with E-state index in [4.69, 9.17) is 10.00 Å². The first-order valence-electron chi connectivity index (χ1n) is 6.39. The second-order valence-electron chi connectivity index (χ2n) is 5.86. The van der Waals surface area contributed by atoms with Crippen molar-refractivity contribution in [3.8, 4) is 6.07 Å². The van der Waals surface area contributed by atoms with E-state index in [9.17, 15) is 9.90 Å². The fourth-order valence-corrected chi connectivity index (χ4v) is 1.90. The lowest BCUT2D eigenvalue weighted by molar-refractivity contribution is 0.0432. The fourth-order valence-electron chi connectivity index (χ4n) is 1.90. The van der Waals surface area contributed by atoms with Gasteiger partial charge in [0.05, 0.1) is 12.1 Å². The molecule has 1 fully saturated rings. The number of nitrogens with one attached hydrogen (secondary N) is 1. The van der Waals surface area contributed by atoms with E-state index in [1.807, 2.05) is 0 Å². The highest BCUT2D eigenvalue weighted by molar-refractivity contribution is 5.68. The SMILES string of the molecule is CC(C)(C)OC(=O)N[C@@H](CC1CCC1)[C@H](O)C#N. The minimum absolute atomic E-state index is 0.493. The topological polar surface area (TPSA) is 82.3 Å². The van der Waals surface area contributed by atoms with E-state index in [1.165, 1.54) is 6.42 Å². The lowest BCUT2D eigenvalue weighted by Crippen LogP contribution is -2.46. The second-order valence-corrected chi connectivity index (χ2v) is 5.86. The van der Waals surface area contributed by atoms with Gasteiger partial charge in [-0.3, -0.25) is 0 Å². The van der Waals surface area contributed by atoms with Crippen molar-refractivity contribution < 1.29 is 14.6 Å². The molecule has 2 N–H and O–H groups in total. The van der Waals surface area contributed by atoms with Crippen molar-refractivity contribution in [1.29, 1.82) is 5.26 Å². The molecule has 0 saturated heterocycles. The van der Waals surface area contributed by atoms with Crippen LogP contribution in [0.2, 0.25) is 0 Å². The summed E-state index contributed by atoms with van der Waals surface area (Å²) < 4.78 is 5.13. The Hall–Kier alpha value is -1.28. The van der Waals surface area contributed by atoms with E-state index in [0.29, 0.717) is 12.3 Å². The molecule has 1 aliphatic rings. The first-order valence-corrected chi connectivity index (χ1v) is 6.39. The molecule has 5 nitrogen and oxygen atoms in total. The van der Waals surface area contributed by atoms with Crippen molar-refractivity contribution in [2.45, 2.75) is 64.2 Å². The van der Waals surface area contributed by atoms with Crippen LogP contribution in [0.1, 0.15) is 46.5 Å². The smallest absolute Gasteiger partial charge is 0.407 e. The molecule has 2 atom stereocenters. The van der Waals surface area contributed by atoms with E-state index in [1.54, 1.807) is 26.8 Å². The van der Waals surface area contributed by atoms with Crippen LogP contribution in [-0.4, -0.2) is 28.9 Å². The van der Waals surface area contributed by atoms with Gasteiger partial charge in [0.25, 0.3) is 0 Å². The highest BCUT2D eigenvalue weighted by Crippen LogP contribution is 2.31. The molecule has 1 amide bonds. The van der Waals surface area contributed by atoms with Gasteiger partial charge in [-0.1, -0.05) is 19.3 Å². The molecule has 0 spiro atoms. The maximum Gasteiger partial charge on any atom is 0.407 e. The van der Waals surface area contributed by atoms with Crippen LogP contribution >= 0.6 is 0 Å². The first-order chi connectivity index (χ1) is 8.31. The number of carbonyl (C=O) groups is 1. The number of nitriles is 1. The molecule has 1 aliphatic carbocycles. The number of ether oxygens (including phenoxy) is 1. The van der Waals surface area contributed by atoms with Crippen LogP contribution in [0.3, 0.4) is 0 Å². The summed E-state index contributed by atoms with van der Waals surface area (Å²) in [7, 11) is 0. The zero-order valence-corrected chi connectivity index (χ0v) is 11.3. The van der Waals surface area contributed by atoms with Crippen molar-refractivity contribution in [2.24, 2.45) is 5.92 Å². The van der Waals surface area contributed by atoms with Gasteiger partial charge in [0, 0.05) is 0 Å². The van der Waals surface area contributed by atoms with E-state index in [0.717, 1.165) is 12.8 Å². The molecule has 0 radical (unpaired) electrons. The molecule has 102 valence electrons. The van der Waals surface area contributed by atoms with Crippen LogP contribution in [0.4, 0.5) is 4.79 Å². The summed E-state index contributed by atoms with van der Waals surface area (Å²) in [5.74, 6) is 0.493. The van der Waals surface area contributed by atoms with Gasteiger partial charge in [0.1, 0.15) is 5.60 Å². The molecular formula is C13H22N2O3. The number of hydrogen-bond donors (Lipinski definition) is 2. The molecule has 5 heteroatoms. The molecule has 0 aliphatic heterocycles. The van der Waals surface area contributed by atoms with Crippen molar-refractivity contribution in [2.75, 3.05) is 0 Å². The van der Waals surface area contributed by atoms with Crippen LogP contribution in [0.5, 0.6) is 0 Å². The normalized spacial score (nSPS) is 19.3. The summed E-state index contributed by atoms with van der Waals surface area (Å²) in [6.07, 6.45) is 2.26. The molecule has 0 unspecified atom stereocenters. The minimum Gasteiger partial charge on any atom is -0.444 e. The number of alkyl carbamates (subject to hydrolysis) is 1. The number of aliphatic hydroxyl groups excluding tert-OH is 1. The van der Waals surface area contributed by atoms with Gasteiger partial charge in [0.15, 0.2) is 6.10 Å². The molecule has 0 aromatic heterocycles. The summed E-state index contributed by atoms with van der Waals surface area (Å²) >= 11 is 0. The van der Waals surface area contributed by atoms with E-state index < -0.39 is 23.8 Å². The average Bonchev–Trinajstić information content (AvgIpc) is 2.17. The predicted molar refractivity (Wildman–Crippen MR) is 66.7 cm³/mol. The second kappa shape index (κ2) is 6.05. The van der Waals surface area contributed by atoms with Crippen molar-refractivity contribution in [1.82, 2.24) is 5.32 Å². The highest BCUT2D eigenvalue weighted by Gasteiger charge is 2.29. The van der Waals surface area contributed by atoms with E-state index >= 15 is 0 Å². The number of aliphatic hydroxyl groups is 1. The molecular weight excluding hydrogens is 232 g/mol. The van der Waals surface area contributed by atoms with Gasteiger partial charge >= 0.3 is 6.09 Å². The Labute approximate surface area is 108 Å². The highest BCUT2D eigenvalue weighted by atomic mass is 16.6. The minimum atomic E-state index is -1.18. The summed E-state index contributed by atoms with van der Waals surface area (Å²) in [6, 6.07) is 1.23. The maximum absolute atomic E-state index is 11.6. The fraction of sp³-hybridized carbons (Fsp3) is 0.846. The Morgan fingerprint density at radius 2 is 2.17 bits per heavy atom. The van der Waals surface area contributed by atoms with Gasteiger partial charge in [0.2, 0.25) is 0 Å². The van der Waals surface area contributed by atoms with Crippen molar-refractivity contribution in [3.63, 3.8) is 0 Å². The van der Waals surface area contributed by atoms with Crippen molar-refractivity contribution >= 4 is 6.09 Å². The van der Waals surface area contributed by atoms with Crippen LogP contribution < -0.4 is 5.32 Å². The van der Waals surface area contributed by atoms with Crippen LogP contribution in [0.15, 0.2) is 0 Å². The lowest BCUT2D eigenvalue weighted by atomic mass is 9.80. The molecule has 0 aromatic rings. The number of carbonyl (C=O) groups excluding carboxylic acids is 1. The third-order valence-electron chi connectivity index (χ3n) is 3.03. The van der Waals surface area contributed by atoms with Gasteiger partial charge in [-0.2, -0.15) is 5.26 Å². The quantitative estimate of drug-likeness (QED) is 0.751. The zero-order valence-electron chi connectivity index (χ0n) is 11.3. The summed E-state index contributed by atoms with van der Waals surface area (Å²) in [5, 5.41) is 21.0. The maximum atomic E-state index is 11.6. The third kappa shape index (κ3) is 4.92. The van der Waals surface area contributed by atoms with Gasteiger partial charge in [-0.05, 0) is 33.1 Å². The predicted octanol–water partition coefficient (Wildman–Crippen LogP) is 1.95. The zero-order chi connectivity index (χ0) is 13.8. The molecule has 18 heavy (non-hydrogen) atoms. The van der Waals surface area contributed by atoms with Crippen LogP contribution in [-0.2, 0) is 4.74 Å². The molecule has 0 bridgehead atoms. The molecule has 0 heterocycles. The summed E-state index contributed by atoms with van der Waals surface area (Å²) in [5.41, 5.74) is -0.581. The third-order valence-corrected chi connectivity index (χ3v) is 3.03. The molecule has 1 saturated carbocycles. The largest absolute Gasteiger partial charge is 0.444 e. The van der Waals surface area contributed by atoms with E-state index in [2.05, 4.69) is 5.32 Å². The lowest BCUT2D eigenvalue weighted by Gasteiger charge is -2.31. The first kappa shape index (κ1) is 14.8. The Bertz CT molecular complexity index is 326. The van der Waals surface area contributed by atoms with Gasteiger partial charge < -0.3 is 15.2 Å². The van der Waals surface area contributed by atoms with Gasteiger partial charge in [-0.15, -0.1) is 0 Å². The van der Waals surface area contributed by atoms with Crippen molar-refractivity contribution in [3.05, 3.63) is 0 Å². The van der Waals surface area contributed by atoms with Crippen LogP contribution in [0, 0.1) is 17.2 Å². The Morgan fingerprint density at radius 3 is 2.56 bits per heavy atom. The van der Waals surface area contributed by atoms with E-state index in [-0.39, 0.29) is 0 Å². The number of hydrogen-bond acceptors (Lipinski definition) is 4. The van der Waals surface area contributed by atoms with Gasteiger partial charge in [-0.25, -0.2) is 4.79 Å². The summed E-state index contributed by atoms with van der Waals surface area (Å²) in [4.78, 5) is 11.6. The van der Waals surface area contributed by atoms with Crippen LogP contribution in [0.25, 0.3) is 0 Å². The number of amides is 1. The number of nitrogens with zero attached hydrogens (tertiary/aromatic N) is 1. The number of rotatable bonds is 4. The Balaban J connectivity index is 2.49. The molecule has 0 aromatic carbocycles. The molecule has 1 rings (SSSR count). The Morgan fingerprint density at radius 1 is 1.56 bits per heavy atom. The average molecular weight is 254 g/mol. The standard InChI is InChI=1S/C13H22N2O3/c1-13(2,3)18-12(17)15-10(11(16)8-14)7-9-5-4-6-9/h9-11,16H,4-7H2,1-3H3,(H,15,17)/t10-,11+/m0/s1.